The first-order chi connectivity index (χ1) is 7.77. The van der Waals surface area contributed by atoms with E-state index in [1.807, 2.05) is 13.8 Å². The Hall–Kier alpha value is -0.570. The monoisotopic (exact) mass is 241 g/mol. The molecule has 1 fully saturated rings. The highest BCUT2D eigenvalue weighted by molar-refractivity contribution is 5.76. The second-order valence-electron chi connectivity index (χ2n) is 6.69. The van der Waals surface area contributed by atoms with Gasteiger partial charge in [-0.3, -0.25) is 4.79 Å². The van der Waals surface area contributed by atoms with Gasteiger partial charge in [0.2, 0.25) is 0 Å². The summed E-state index contributed by atoms with van der Waals surface area (Å²) in [6.45, 7) is 9.23. The first kappa shape index (κ1) is 14.5. The lowest BCUT2D eigenvalue weighted by molar-refractivity contribution is -0.150. The van der Waals surface area contributed by atoms with Gasteiger partial charge in [-0.2, -0.15) is 0 Å². The van der Waals surface area contributed by atoms with Crippen LogP contribution in [0.1, 0.15) is 53.4 Å². The normalized spacial score (nSPS) is 21.2. The zero-order valence-electron chi connectivity index (χ0n) is 11.9. The average Bonchev–Trinajstić information content (AvgIpc) is 2.26. The maximum absolute atomic E-state index is 11.5. The number of carbonyl (C=O) groups excluding carboxylic acids is 1. The minimum atomic E-state index is -0.429. The van der Waals surface area contributed by atoms with Crippen LogP contribution in [0.15, 0.2) is 0 Å². The molecule has 1 rings (SSSR count). The van der Waals surface area contributed by atoms with E-state index in [2.05, 4.69) is 19.2 Å². The summed E-state index contributed by atoms with van der Waals surface area (Å²) >= 11 is 0. The minimum Gasteiger partial charge on any atom is -0.469 e. The Balaban J connectivity index is 2.35. The third-order valence-corrected chi connectivity index (χ3v) is 3.91. The molecule has 1 aliphatic rings. The molecule has 1 saturated carbocycles. The van der Waals surface area contributed by atoms with Crippen molar-refractivity contribution in [2.75, 3.05) is 13.7 Å². The van der Waals surface area contributed by atoms with E-state index in [0.29, 0.717) is 18.0 Å². The highest BCUT2D eigenvalue weighted by Crippen LogP contribution is 2.35. The molecule has 1 aliphatic carbocycles. The lowest BCUT2D eigenvalue weighted by atomic mass is 9.75. The number of esters is 1. The van der Waals surface area contributed by atoms with E-state index in [9.17, 15) is 4.79 Å². The van der Waals surface area contributed by atoms with Gasteiger partial charge < -0.3 is 10.1 Å². The smallest absolute Gasteiger partial charge is 0.312 e. The number of methoxy groups -OCH3 is 1. The molecule has 0 radical (unpaired) electrons. The van der Waals surface area contributed by atoms with E-state index in [1.165, 1.54) is 32.8 Å². The predicted octanol–water partition coefficient (Wildman–Crippen LogP) is 2.74. The number of nitrogens with one attached hydrogen (secondary N) is 1. The fourth-order valence-electron chi connectivity index (χ4n) is 2.35. The van der Waals surface area contributed by atoms with E-state index in [4.69, 9.17) is 4.74 Å². The second-order valence-corrected chi connectivity index (χ2v) is 6.69. The zero-order chi connectivity index (χ0) is 13.1. The summed E-state index contributed by atoms with van der Waals surface area (Å²) in [4.78, 5) is 11.5. The molecule has 17 heavy (non-hydrogen) atoms. The van der Waals surface area contributed by atoms with Crippen molar-refractivity contribution in [1.29, 1.82) is 0 Å². The van der Waals surface area contributed by atoms with Gasteiger partial charge in [0.15, 0.2) is 0 Å². The Morgan fingerprint density at radius 1 is 1.35 bits per heavy atom. The largest absolute Gasteiger partial charge is 0.469 e. The maximum Gasteiger partial charge on any atom is 0.312 e. The zero-order valence-corrected chi connectivity index (χ0v) is 11.9. The van der Waals surface area contributed by atoms with Gasteiger partial charge in [-0.1, -0.05) is 13.8 Å². The Kier molecular flexibility index (Phi) is 4.59. The van der Waals surface area contributed by atoms with Crippen LogP contribution in [0.4, 0.5) is 0 Å². The molecule has 0 spiro atoms. The molecule has 3 nitrogen and oxygen atoms in total. The molecular weight excluding hydrogens is 214 g/mol. The van der Waals surface area contributed by atoms with Crippen LogP contribution >= 0.6 is 0 Å². The summed E-state index contributed by atoms with van der Waals surface area (Å²) < 4.78 is 4.81. The highest BCUT2D eigenvalue weighted by Gasteiger charge is 2.31. The van der Waals surface area contributed by atoms with Crippen LogP contribution in [-0.4, -0.2) is 25.7 Å². The lowest BCUT2D eigenvalue weighted by Crippen LogP contribution is -2.43. The second kappa shape index (κ2) is 5.38. The Morgan fingerprint density at radius 3 is 2.35 bits per heavy atom. The fraction of sp³-hybridized carbons (Fsp3) is 0.929. The fourth-order valence-corrected chi connectivity index (χ4v) is 2.35. The van der Waals surface area contributed by atoms with Crippen LogP contribution in [-0.2, 0) is 9.53 Å². The molecule has 0 aromatic carbocycles. The lowest BCUT2D eigenvalue weighted by Gasteiger charge is -2.36. The van der Waals surface area contributed by atoms with Crippen molar-refractivity contribution in [3.8, 4) is 0 Å². The standard InChI is InChI=1S/C14H27NO2/c1-13(2)8-6-11(7-9-13)15-10-14(3,4)12(16)17-5/h11,15H,6-10H2,1-5H3. The Morgan fingerprint density at radius 2 is 1.88 bits per heavy atom. The van der Waals surface area contributed by atoms with Crippen molar-refractivity contribution < 1.29 is 9.53 Å². The van der Waals surface area contributed by atoms with Crippen molar-refractivity contribution in [3.63, 3.8) is 0 Å². The SMILES string of the molecule is COC(=O)C(C)(C)CNC1CCC(C)(C)CC1. The van der Waals surface area contributed by atoms with Gasteiger partial charge in [-0.05, 0) is 44.9 Å². The van der Waals surface area contributed by atoms with Crippen LogP contribution in [0.25, 0.3) is 0 Å². The highest BCUT2D eigenvalue weighted by atomic mass is 16.5. The Labute approximate surface area is 105 Å². The van der Waals surface area contributed by atoms with Gasteiger partial charge in [0.1, 0.15) is 0 Å². The van der Waals surface area contributed by atoms with Gasteiger partial charge in [0, 0.05) is 12.6 Å². The third-order valence-electron chi connectivity index (χ3n) is 3.91. The van der Waals surface area contributed by atoms with E-state index < -0.39 is 5.41 Å². The first-order valence-corrected chi connectivity index (χ1v) is 6.59. The van der Waals surface area contributed by atoms with Crippen LogP contribution in [0.2, 0.25) is 0 Å². The molecular formula is C14H27NO2. The van der Waals surface area contributed by atoms with Gasteiger partial charge in [0.05, 0.1) is 12.5 Å². The molecule has 3 heteroatoms. The summed E-state index contributed by atoms with van der Waals surface area (Å²) in [6.07, 6.45) is 4.96. The van der Waals surface area contributed by atoms with Crippen molar-refractivity contribution >= 4 is 5.97 Å². The molecule has 0 saturated heterocycles. The molecule has 0 aromatic rings. The van der Waals surface area contributed by atoms with Crippen molar-refractivity contribution in [1.82, 2.24) is 5.32 Å². The van der Waals surface area contributed by atoms with Gasteiger partial charge >= 0.3 is 5.97 Å². The molecule has 0 unspecified atom stereocenters. The molecule has 0 amide bonds. The van der Waals surface area contributed by atoms with Crippen LogP contribution < -0.4 is 5.32 Å². The van der Waals surface area contributed by atoms with Gasteiger partial charge in [-0.25, -0.2) is 0 Å². The average molecular weight is 241 g/mol. The maximum atomic E-state index is 11.5. The number of ether oxygens (including phenoxy) is 1. The van der Waals surface area contributed by atoms with Crippen molar-refractivity contribution in [3.05, 3.63) is 0 Å². The molecule has 0 heterocycles. The summed E-state index contributed by atoms with van der Waals surface area (Å²) in [5.74, 6) is -0.138. The molecule has 100 valence electrons. The van der Waals surface area contributed by atoms with Crippen LogP contribution in [0.5, 0.6) is 0 Å². The third kappa shape index (κ3) is 4.30. The van der Waals surface area contributed by atoms with E-state index in [1.54, 1.807) is 0 Å². The number of carbonyl (C=O) groups is 1. The molecule has 0 aliphatic heterocycles. The summed E-state index contributed by atoms with van der Waals surface area (Å²) in [7, 11) is 1.45. The van der Waals surface area contributed by atoms with E-state index in [-0.39, 0.29) is 5.97 Å². The number of hydrogen-bond donors (Lipinski definition) is 1. The van der Waals surface area contributed by atoms with Crippen molar-refractivity contribution in [2.24, 2.45) is 10.8 Å². The molecule has 0 aromatic heterocycles. The minimum absolute atomic E-state index is 0.138. The summed E-state index contributed by atoms with van der Waals surface area (Å²) in [5.41, 5.74) is 0.0672. The van der Waals surface area contributed by atoms with Gasteiger partial charge in [0.25, 0.3) is 0 Å². The molecule has 1 N–H and O–H groups in total. The summed E-state index contributed by atoms with van der Waals surface area (Å²) in [6, 6.07) is 0.562. The predicted molar refractivity (Wildman–Crippen MR) is 69.8 cm³/mol. The topological polar surface area (TPSA) is 38.3 Å². The van der Waals surface area contributed by atoms with Crippen molar-refractivity contribution in [2.45, 2.75) is 59.4 Å². The van der Waals surface area contributed by atoms with E-state index >= 15 is 0 Å². The summed E-state index contributed by atoms with van der Waals surface area (Å²) in [5, 5.41) is 3.51. The van der Waals surface area contributed by atoms with Crippen LogP contribution in [0.3, 0.4) is 0 Å². The quantitative estimate of drug-likeness (QED) is 0.769. The number of rotatable bonds is 4. The van der Waals surface area contributed by atoms with Crippen LogP contribution in [0, 0.1) is 10.8 Å². The van der Waals surface area contributed by atoms with E-state index in [0.717, 1.165) is 0 Å². The van der Waals surface area contributed by atoms with Gasteiger partial charge in [-0.15, -0.1) is 0 Å². The molecule has 0 atom stereocenters. The Bertz CT molecular complexity index is 261. The molecule has 0 bridgehead atoms. The first-order valence-electron chi connectivity index (χ1n) is 6.59. The number of hydrogen-bond acceptors (Lipinski definition) is 3.